The molecule has 35 heavy (non-hydrogen) atoms. The number of aryl methyl sites for hydroxylation is 2. The minimum absolute atomic E-state index is 0.969. The van der Waals surface area contributed by atoms with E-state index >= 15 is 0 Å². The highest BCUT2D eigenvalue weighted by atomic mass is 32.1. The molecule has 0 radical (unpaired) electrons. The summed E-state index contributed by atoms with van der Waals surface area (Å²) in [7, 11) is 0. The molecule has 0 saturated carbocycles. The fourth-order valence-electron chi connectivity index (χ4n) is 4.23. The van der Waals surface area contributed by atoms with Gasteiger partial charge in [0.2, 0.25) is 0 Å². The Hall–Kier alpha value is -3.40. The molecule has 0 saturated heterocycles. The molecule has 0 heterocycles. The van der Waals surface area contributed by atoms with Gasteiger partial charge in [-0.3, -0.25) is 0 Å². The van der Waals surface area contributed by atoms with Crippen molar-refractivity contribution >= 4 is 42.3 Å². The van der Waals surface area contributed by atoms with Gasteiger partial charge in [0.1, 0.15) is 0 Å². The SMILES string of the molecule is Cc1ccc(N(c2ccc(-c3ccc(S)cc3)cc2)c2ccc(-c3ccc(S)cc3)cc2)cc1C. The summed E-state index contributed by atoms with van der Waals surface area (Å²) in [6.07, 6.45) is 0. The average molecular weight is 490 g/mol. The third-order valence-electron chi connectivity index (χ3n) is 6.40. The number of thiol groups is 2. The Morgan fingerprint density at radius 2 is 0.743 bits per heavy atom. The van der Waals surface area contributed by atoms with E-state index in [-0.39, 0.29) is 0 Å². The van der Waals surface area contributed by atoms with E-state index in [0.29, 0.717) is 0 Å². The van der Waals surface area contributed by atoms with Gasteiger partial charge >= 0.3 is 0 Å². The molecule has 0 fully saturated rings. The number of hydrogen-bond donors (Lipinski definition) is 2. The number of rotatable bonds is 5. The monoisotopic (exact) mass is 489 g/mol. The maximum atomic E-state index is 4.41. The van der Waals surface area contributed by atoms with E-state index in [2.05, 4.69) is 135 Å². The molecule has 0 atom stereocenters. The first-order valence-corrected chi connectivity index (χ1v) is 12.5. The molecule has 0 N–H and O–H groups in total. The Labute approximate surface area is 218 Å². The highest BCUT2D eigenvalue weighted by Crippen LogP contribution is 2.37. The lowest BCUT2D eigenvalue weighted by Gasteiger charge is -2.26. The summed E-state index contributed by atoms with van der Waals surface area (Å²) in [4.78, 5) is 4.25. The summed E-state index contributed by atoms with van der Waals surface area (Å²) in [5.74, 6) is 0. The first kappa shape index (κ1) is 23.3. The first-order chi connectivity index (χ1) is 17.0. The van der Waals surface area contributed by atoms with Gasteiger partial charge < -0.3 is 4.90 Å². The van der Waals surface area contributed by atoms with Crippen molar-refractivity contribution in [2.75, 3.05) is 4.90 Å². The van der Waals surface area contributed by atoms with Gasteiger partial charge in [0.05, 0.1) is 0 Å². The van der Waals surface area contributed by atoms with Crippen LogP contribution in [0.1, 0.15) is 11.1 Å². The molecule has 0 aromatic heterocycles. The van der Waals surface area contributed by atoms with Crippen molar-refractivity contribution in [1.29, 1.82) is 0 Å². The van der Waals surface area contributed by atoms with E-state index in [4.69, 9.17) is 0 Å². The Kier molecular flexibility index (Phi) is 6.72. The summed E-state index contributed by atoms with van der Waals surface area (Å²) < 4.78 is 0. The number of nitrogens with zero attached hydrogens (tertiary/aromatic N) is 1. The van der Waals surface area contributed by atoms with Crippen LogP contribution in [0.4, 0.5) is 17.1 Å². The van der Waals surface area contributed by atoms with Crippen molar-refractivity contribution in [3.8, 4) is 22.3 Å². The highest BCUT2D eigenvalue weighted by Gasteiger charge is 2.14. The van der Waals surface area contributed by atoms with Gasteiger partial charge in [0, 0.05) is 26.9 Å². The quantitative estimate of drug-likeness (QED) is 0.232. The van der Waals surface area contributed by atoms with Gasteiger partial charge in [-0.25, -0.2) is 0 Å². The summed E-state index contributed by atoms with van der Waals surface area (Å²) in [5.41, 5.74) is 10.7. The van der Waals surface area contributed by atoms with E-state index < -0.39 is 0 Å². The second-order valence-electron chi connectivity index (χ2n) is 8.79. The molecule has 3 heteroatoms. The zero-order chi connectivity index (χ0) is 24.4. The molecule has 0 spiro atoms. The third-order valence-corrected chi connectivity index (χ3v) is 7.00. The molecular formula is C32H27NS2. The van der Waals surface area contributed by atoms with Crippen molar-refractivity contribution in [3.63, 3.8) is 0 Å². The summed E-state index contributed by atoms with van der Waals surface area (Å²) >= 11 is 8.82. The summed E-state index contributed by atoms with van der Waals surface area (Å²) in [5, 5.41) is 0. The maximum Gasteiger partial charge on any atom is 0.0464 e. The van der Waals surface area contributed by atoms with Gasteiger partial charge in [-0.15, -0.1) is 25.3 Å². The second kappa shape index (κ2) is 10.1. The molecule has 0 aliphatic carbocycles. The van der Waals surface area contributed by atoms with E-state index in [9.17, 15) is 0 Å². The predicted octanol–water partition coefficient (Wildman–Crippen LogP) is 9.68. The molecule has 0 aliphatic heterocycles. The van der Waals surface area contributed by atoms with Crippen LogP contribution in [0.25, 0.3) is 22.3 Å². The fraction of sp³-hybridized carbons (Fsp3) is 0.0625. The minimum Gasteiger partial charge on any atom is -0.310 e. The van der Waals surface area contributed by atoms with Crippen molar-refractivity contribution in [2.24, 2.45) is 0 Å². The first-order valence-electron chi connectivity index (χ1n) is 11.6. The molecule has 0 aliphatic rings. The van der Waals surface area contributed by atoms with Crippen LogP contribution in [-0.2, 0) is 0 Å². The Morgan fingerprint density at radius 3 is 1.11 bits per heavy atom. The predicted molar refractivity (Wildman–Crippen MR) is 156 cm³/mol. The fourth-order valence-corrected chi connectivity index (χ4v) is 4.52. The summed E-state index contributed by atoms with van der Waals surface area (Å²) in [6, 6.07) is 40.7. The van der Waals surface area contributed by atoms with E-state index in [0.717, 1.165) is 26.9 Å². The Balaban J connectivity index is 1.54. The molecular weight excluding hydrogens is 462 g/mol. The van der Waals surface area contributed by atoms with Crippen molar-refractivity contribution in [3.05, 3.63) is 126 Å². The van der Waals surface area contributed by atoms with E-state index in [1.54, 1.807) is 0 Å². The average Bonchev–Trinajstić information content (AvgIpc) is 2.88. The van der Waals surface area contributed by atoms with Crippen LogP contribution in [-0.4, -0.2) is 0 Å². The van der Waals surface area contributed by atoms with Crippen LogP contribution < -0.4 is 4.90 Å². The number of hydrogen-bond acceptors (Lipinski definition) is 3. The van der Waals surface area contributed by atoms with Crippen molar-refractivity contribution in [2.45, 2.75) is 23.6 Å². The van der Waals surface area contributed by atoms with Gasteiger partial charge in [-0.2, -0.15) is 0 Å². The molecule has 5 rings (SSSR count). The lowest BCUT2D eigenvalue weighted by atomic mass is 10.0. The van der Waals surface area contributed by atoms with Gasteiger partial charge in [-0.05, 0) is 108 Å². The highest BCUT2D eigenvalue weighted by molar-refractivity contribution is 7.80. The normalized spacial score (nSPS) is 10.9. The van der Waals surface area contributed by atoms with E-state index in [1.165, 1.54) is 33.4 Å². The third kappa shape index (κ3) is 5.17. The van der Waals surface area contributed by atoms with E-state index in [1.807, 2.05) is 24.3 Å². The van der Waals surface area contributed by atoms with Crippen LogP contribution in [0.5, 0.6) is 0 Å². The lowest BCUT2D eigenvalue weighted by Crippen LogP contribution is -2.10. The lowest BCUT2D eigenvalue weighted by molar-refractivity contribution is 1.25. The van der Waals surface area contributed by atoms with Gasteiger partial charge in [-0.1, -0.05) is 54.6 Å². The van der Waals surface area contributed by atoms with Crippen LogP contribution in [0.2, 0.25) is 0 Å². The second-order valence-corrected chi connectivity index (χ2v) is 9.82. The van der Waals surface area contributed by atoms with Crippen LogP contribution in [0.15, 0.2) is 125 Å². The maximum absolute atomic E-state index is 4.41. The van der Waals surface area contributed by atoms with Gasteiger partial charge in [0.25, 0.3) is 0 Å². The molecule has 5 aromatic carbocycles. The number of benzene rings is 5. The molecule has 1 nitrogen and oxygen atoms in total. The standard InChI is InChI=1S/C32H27NS2/c1-22-3-12-30(21-23(22)2)33(28-13-4-24(5-14-28)26-8-17-31(34)18-9-26)29-15-6-25(7-16-29)27-10-19-32(35)20-11-27/h3-21,34-35H,1-2H3. The Bertz CT molecular complexity index is 1350. The Morgan fingerprint density at radius 1 is 0.400 bits per heavy atom. The molecule has 0 amide bonds. The molecule has 5 aromatic rings. The van der Waals surface area contributed by atoms with Crippen molar-refractivity contribution in [1.82, 2.24) is 0 Å². The molecule has 0 unspecified atom stereocenters. The largest absolute Gasteiger partial charge is 0.310 e. The molecule has 0 bridgehead atoms. The zero-order valence-electron chi connectivity index (χ0n) is 19.8. The van der Waals surface area contributed by atoms with Gasteiger partial charge in [0.15, 0.2) is 0 Å². The van der Waals surface area contributed by atoms with Crippen LogP contribution in [0, 0.1) is 13.8 Å². The van der Waals surface area contributed by atoms with Crippen LogP contribution >= 0.6 is 25.3 Å². The van der Waals surface area contributed by atoms with Crippen molar-refractivity contribution < 1.29 is 0 Å². The zero-order valence-corrected chi connectivity index (χ0v) is 21.6. The minimum atomic E-state index is 0.969. The molecule has 172 valence electrons. The number of anilines is 3. The van der Waals surface area contributed by atoms with Crippen LogP contribution in [0.3, 0.4) is 0 Å². The topological polar surface area (TPSA) is 3.24 Å². The summed E-state index contributed by atoms with van der Waals surface area (Å²) in [6.45, 7) is 4.32. The smallest absolute Gasteiger partial charge is 0.0464 e.